The van der Waals surface area contributed by atoms with Crippen LogP contribution in [0.2, 0.25) is 0 Å². The summed E-state index contributed by atoms with van der Waals surface area (Å²) in [6.45, 7) is 7.91. The zero-order valence-electron chi connectivity index (χ0n) is 20.0. The number of anilines is 1. The molecule has 1 N–H and O–H groups in total. The van der Waals surface area contributed by atoms with Gasteiger partial charge in [0.1, 0.15) is 5.82 Å². The highest BCUT2D eigenvalue weighted by Crippen LogP contribution is 2.29. The first-order valence-electron chi connectivity index (χ1n) is 11.9. The van der Waals surface area contributed by atoms with Crippen molar-refractivity contribution < 1.29 is 14.3 Å². The number of aromatic nitrogens is 2. The molecule has 0 bridgehead atoms. The van der Waals surface area contributed by atoms with E-state index in [1.165, 1.54) is 11.1 Å². The number of aryl methyl sites for hydroxylation is 3. The van der Waals surface area contributed by atoms with Crippen molar-refractivity contribution in [2.45, 2.75) is 40.2 Å². The second kappa shape index (κ2) is 10.9. The third kappa shape index (κ3) is 5.22. The first-order valence-corrected chi connectivity index (χ1v) is 11.9. The second-order valence-corrected chi connectivity index (χ2v) is 7.94. The number of nitrogens with one attached hydrogen (secondary N) is 1. The van der Waals surface area contributed by atoms with Crippen LogP contribution < -0.4 is 14.8 Å². The average molecular weight is 458 g/mol. The zero-order chi connectivity index (χ0) is 23.9. The maximum atomic E-state index is 12.8. The molecular weight excluding hydrogens is 426 g/mol. The van der Waals surface area contributed by atoms with Crippen molar-refractivity contribution >= 4 is 22.6 Å². The Balaban J connectivity index is 1.40. The number of carbonyl (C=O) groups is 1. The van der Waals surface area contributed by atoms with Crippen LogP contribution in [0.3, 0.4) is 0 Å². The van der Waals surface area contributed by atoms with Gasteiger partial charge in [-0.3, -0.25) is 4.79 Å². The van der Waals surface area contributed by atoms with Gasteiger partial charge in [-0.05, 0) is 75.2 Å². The van der Waals surface area contributed by atoms with Gasteiger partial charge in [-0.2, -0.15) is 0 Å². The molecule has 0 aliphatic heterocycles. The second-order valence-electron chi connectivity index (χ2n) is 7.94. The van der Waals surface area contributed by atoms with Crippen LogP contribution >= 0.6 is 0 Å². The van der Waals surface area contributed by atoms with Gasteiger partial charge in [0.25, 0.3) is 5.91 Å². The number of amides is 1. The lowest BCUT2D eigenvalue weighted by atomic mass is 10.1. The largest absolute Gasteiger partial charge is 0.490 e. The first kappa shape index (κ1) is 23.4. The number of hydrogen-bond donors (Lipinski definition) is 1. The number of hydrogen-bond acceptors (Lipinski definition) is 4. The minimum atomic E-state index is -0.187. The van der Waals surface area contributed by atoms with Gasteiger partial charge in [-0.1, -0.05) is 24.3 Å². The smallest absolute Gasteiger partial charge is 0.255 e. The summed E-state index contributed by atoms with van der Waals surface area (Å²) in [6, 6.07) is 21.5. The topological polar surface area (TPSA) is 65.4 Å². The molecule has 4 aromatic rings. The molecule has 0 radical (unpaired) electrons. The summed E-state index contributed by atoms with van der Waals surface area (Å²) in [6.07, 6.45) is 1.74. The molecule has 0 aliphatic carbocycles. The van der Waals surface area contributed by atoms with Crippen LogP contribution in [-0.2, 0) is 19.4 Å². The van der Waals surface area contributed by atoms with Crippen LogP contribution in [0.4, 0.5) is 5.69 Å². The summed E-state index contributed by atoms with van der Waals surface area (Å²) in [5, 5.41) is 2.96. The van der Waals surface area contributed by atoms with Crippen molar-refractivity contribution in [1.29, 1.82) is 0 Å². The molecule has 6 heteroatoms. The van der Waals surface area contributed by atoms with Crippen LogP contribution in [0, 0.1) is 0 Å². The molecular formula is C28H31N3O3. The first-order chi connectivity index (χ1) is 16.6. The van der Waals surface area contributed by atoms with Crippen molar-refractivity contribution in [2.75, 3.05) is 18.5 Å². The molecule has 4 rings (SSSR count). The Kier molecular flexibility index (Phi) is 7.48. The normalized spacial score (nSPS) is 10.9. The van der Waals surface area contributed by atoms with Crippen LogP contribution in [0.25, 0.3) is 11.0 Å². The number of fused-ring (bicyclic) bond motifs is 1. The fraction of sp³-hybridized carbons (Fsp3) is 0.286. The highest BCUT2D eigenvalue weighted by atomic mass is 16.5. The molecule has 0 saturated heterocycles. The standard InChI is InChI=1S/C28H31N3O3/c1-4-31-24-10-8-7-9-23(24)30-27(31)18-13-20-11-15-22(16-12-20)29-28(32)21-14-17-25(33-5-2)26(19-21)34-6-3/h7-12,14-17,19H,4-6,13,18H2,1-3H3,(H,29,32). The summed E-state index contributed by atoms with van der Waals surface area (Å²) in [4.78, 5) is 17.6. The van der Waals surface area contributed by atoms with E-state index < -0.39 is 0 Å². The van der Waals surface area contributed by atoms with Gasteiger partial charge in [0.05, 0.1) is 24.2 Å². The van der Waals surface area contributed by atoms with E-state index in [2.05, 4.69) is 47.1 Å². The molecule has 3 aromatic carbocycles. The number of imidazole rings is 1. The Morgan fingerprint density at radius 1 is 0.882 bits per heavy atom. The SMILES string of the molecule is CCOc1ccc(C(=O)Nc2ccc(CCc3nc4ccccc4n3CC)cc2)cc1OCC. The van der Waals surface area contributed by atoms with Crippen molar-refractivity contribution in [3.05, 3.63) is 83.7 Å². The van der Waals surface area contributed by atoms with Crippen LogP contribution in [0.15, 0.2) is 66.7 Å². The quantitative estimate of drug-likeness (QED) is 0.322. The number of rotatable bonds is 10. The van der Waals surface area contributed by atoms with E-state index in [4.69, 9.17) is 14.5 Å². The molecule has 0 aliphatic rings. The van der Waals surface area contributed by atoms with E-state index in [0.717, 1.165) is 36.4 Å². The van der Waals surface area contributed by atoms with Crippen LogP contribution in [0.1, 0.15) is 42.5 Å². The summed E-state index contributed by atoms with van der Waals surface area (Å²) in [7, 11) is 0. The fourth-order valence-corrected chi connectivity index (χ4v) is 4.08. The number of carbonyl (C=O) groups excluding carboxylic acids is 1. The van der Waals surface area contributed by atoms with Crippen molar-refractivity contribution in [2.24, 2.45) is 0 Å². The van der Waals surface area contributed by atoms with Gasteiger partial charge in [-0.15, -0.1) is 0 Å². The highest BCUT2D eigenvalue weighted by molar-refractivity contribution is 6.04. The lowest BCUT2D eigenvalue weighted by Crippen LogP contribution is -2.12. The fourth-order valence-electron chi connectivity index (χ4n) is 4.08. The number of nitrogens with zero attached hydrogens (tertiary/aromatic N) is 2. The van der Waals surface area contributed by atoms with E-state index in [0.29, 0.717) is 30.3 Å². The van der Waals surface area contributed by atoms with Gasteiger partial charge in [0, 0.05) is 24.2 Å². The van der Waals surface area contributed by atoms with Gasteiger partial charge in [0.2, 0.25) is 0 Å². The van der Waals surface area contributed by atoms with E-state index in [-0.39, 0.29) is 5.91 Å². The number of para-hydroxylation sites is 2. The maximum absolute atomic E-state index is 12.8. The van der Waals surface area contributed by atoms with Crippen LogP contribution in [0.5, 0.6) is 11.5 Å². The zero-order valence-corrected chi connectivity index (χ0v) is 20.0. The molecule has 0 atom stereocenters. The van der Waals surface area contributed by atoms with Crippen molar-refractivity contribution in [3.63, 3.8) is 0 Å². The lowest BCUT2D eigenvalue weighted by Gasteiger charge is -2.12. The Morgan fingerprint density at radius 2 is 1.62 bits per heavy atom. The molecule has 176 valence electrons. The summed E-state index contributed by atoms with van der Waals surface area (Å²) >= 11 is 0. The van der Waals surface area contributed by atoms with E-state index >= 15 is 0 Å². The highest BCUT2D eigenvalue weighted by Gasteiger charge is 2.13. The molecule has 1 amide bonds. The minimum Gasteiger partial charge on any atom is -0.490 e. The molecule has 34 heavy (non-hydrogen) atoms. The van der Waals surface area contributed by atoms with Gasteiger partial charge in [0.15, 0.2) is 11.5 Å². The summed E-state index contributed by atoms with van der Waals surface area (Å²) in [5.74, 6) is 2.13. The molecule has 1 heterocycles. The molecule has 0 fully saturated rings. The maximum Gasteiger partial charge on any atom is 0.255 e. The predicted molar refractivity (Wildman–Crippen MR) is 136 cm³/mol. The van der Waals surface area contributed by atoms with Crippen molar-refractivity contribution in [3.8, 4) is 11.5 Å². The third-order valence-electron chi connectivity index (χ3n) is 5.70. The number of benzene rings is 3. The van der Waals surface area contributed by atoms with Gasteiger partial charge < -0.3 is 19.4 Å². The van der Waals surface area contributed by atoms with Gasteiger partial charge >= 0.3 is 0 Å². The molecule has 1 aromatic heterocycles. The monoisotopic (exact) mass is 457 g/mol. The van der Waals surface area contributed by atoms with Gasteiger partial charge in [-0.25, -0.2) is 4.98 Å². The van der Waals surface area contributed by atoms with E-state index in [9.17, 15) is 4.79 Å². The number of ether oxygens (including phenoxy) is 2. The molecule has 0 unspecified atom stereocenters. The third-order valence-corrected chi connectivity index (χ3v) is 5.70. The molecule has 6 nitrogen and oxygen atoms in total. The Labute approximate surface area is 200 Å². The minimum absolute atomic E-state index is 0.187. The Bertz CT molecular complexity index is 1260. The molecule has 0 saturated carbocycles. The van der Waals surface area contributed by atoms with E-state index in [1.54, 1.807) is 18.2 Å². The summed E-state index contributed by atoms with van der Waals surface area (Å²) in [5.41, 5.74) is 4.70. The van der Waals surface area contributed by atoms with Crippen LogP contribution in [-0.4, -0.2) is 28.7 Å². The summed E-state index contributed by atoms with van der Waals surface area (Å²) < 4.78 is 13.5. The van der Waals surface area contributed by atoms with Crippen molar-refractivity contribution in [1.82, 2.24) is 9.55 Å². The molecule has 0 spiro atoms. The van der Waals surface area contributed by atoms with E-state index in [1.807, 2.05) is 32.0 Å². The lowest BCUT2D eigenvalue weighted by molar-refractivity contribution is 0.102. The average Bonchev–Trinajstić information content (AvgIpc) is 3.22. The Morgan fingerprint density at radius 3 is 2.35 bits per heavy atom. The predicted octanol–water partition coefficient (Wildman–Crippen LogP) is 5.89. The Hall–Kier alpha value is -3.80.